The second-order valence-electron chi connectivity index (χ2n) is 4.89. The molecule has 0 amide bonds. The molecule has 1 N–H and O–H groups in total. The van der Waals surface area contributed by atoms with Crippen LogP contribution in [-0.2, 0) is 0 Å². The fraction of sp³-hybridized carbons (Fsp3) is 0.188. The second-order valence-corrected chi connectivity index (χ2v) is 4.89. The SMILES string of the molecule is COc1cc(C)c(-c2cn3cccc(O)c3n2)cc1C. The summed E-state index contributed by atoms with van der Waals surface area (Å²) in [6.07, 6.45) is 3.79. The number of imidazole rings is 1. The molecule has 0 aliphatic rings. The highest BCUT2D eigenvalue weighted by atomic mass is 16.5. The number of rotatable bonds is 2. The van der Waals surface area contributed by atoms with E-state index in [4.69, 9.17) is 4.74 Å². The maximum absolute atomic E-state index is 9.83. The minimum Gasteiger partial charge on any atom is -0.504 e. The average Bonchev–Trinajstić information content (AvgIpc) is 2.86. The first-order valence-corrected chi connectivity index (χ1v) is 6.42. The number of nitrogens with zero attached hydrogens (tertiary/aromatic N) is 2. The van der Waals surface area contributed by atoms with E-state index in [1.807, 2.05) is 36.7 Å². The smallest absolute Gasteiger partial charge is 0.180 e. The van der Waals surface area contributed by atoms with Crippen molar-refractivity contribution in [1.29, 1.82) is 0 Å². The molecule has 0 aliphatic heterocycles. The van der Waals surface area contributed by atoms with Crippen LogP contribution in [0.1, 0.15) is 11.1 Å². The largest absolute Gasteiger partial charge is 0.504 e. The Bertz CT molecular complexity index is 791. The molecule has 4 heteroatoms. The van der Waals surface area contributed by atoms with Crippen molar-refractivity contribution >= 4 is 5.65 Å². The van der Waals surface area contributed by atoms with Gasteiger partial charge in [0.15, 0.2) is 11.4 Å². The van der Waals surface area contributed by atoms with Gasteiger partial charge in [0.05, 0.1) is 12.8 Å². The number of ether oxygens (including phenoxy) is 1. The Balaban J connectivity index is 2.20. The van der Waals surface area contributed by atoms with Crippen LogP contribution in [0.2, 0.25) is 0 Å². The second kappa shape index (κ2) is 4.56. The summed E-state index contributed by atoms with van der Waals surface area (Å²) >= 11 is 0. The normalized spacial score (nSPS) is 10.9. The van der Waals surface area contributed by atoms with Gasteiger partial charge < -0.3 is 14.2 Å². The Morgan fingerprint density at radius 3 is 2.70 bits per heavy atom. The van der Waals surface area contributed by atoms with Crippen LogP contribution in [0, 0.1) is 13.8 Å². The molecule has 2 aromatic heterocycles. The van der Waals surface area contributed by atoms with Crippen LogP contribution in [-0.4, -0.2) is 21.6 Å². The van der Waals surface area contributed by atoms with Gasteiger partial charge in [0.25, 0.3) is 0 Å². The molecule has 1 aromatic carbocycles. The Labute approximate surface area is 117 Å². The van der Waals surface area contributed by atoms with Gasteiger partial charge in [-0.2, -0.15) is 0 Å². The lowest BCUT2D eigenvalue weighted by molar-refractivity contribution is 0.411. The number of benzene rings is 1. The number of methoxy groups -OCH3 is 1. The van der Waals surface area contributed by atoms with Gasteiger partial charge >= 0.3 is 0 Å². The summed E-state index contributed by atoms with van der Waals surface area (Å²) in [6.45, 7) is 4.04. The first kappa shape index (κ1) is 12.5. The van der Waals surface area contributed by atoms with Crippen LogP contribution < -0.4 is 4.74 Å². The summed E-state index contributed by atoms with van der Waals surface area (Å²) in [6, 6.07) is 7.50. The van der Waals surface area contributed by atoms with Gasteiger partial charge in [0.2, 0.25) is 0 Å². The van der Waals surface area contributed by atoms with Crippen molar-refractivity contribution in [2.24, 2.45) is 0 Å². The van der Waals surface area contributed by atoms with E-state index in [9.17, 15) is 5.11 Å². The molecule has 0 aliphatic carbocycles. The van der Waals surface area contributed by atoms with Gasteiger partial charge in [-0.25, -0.2) is 4.98 Å². The lowest BCUT2D eigenvalue weighted by Gasteiger charge is -2.09. The summed E-state index contributed by atoms with van der Waals surface area (Å²) in [5.74, 6) is 1.06. The van der Waals surface area contributed by atoms with Crippen LogP contribution in [0.5, 0.6) is 11.5 Å². The average molecular weight is 268 g/mol. The number of aromatic hydroxyl groups is 1. The lowest BCUT2D eigenvalue weighted by Crippen LogP contribution is -1.91. The fourth-order valence-electron chi connectivity index (χ4n) is 2.41. The van der Waals surface area contributed by atoms with Gasteiger partial charge in [-0.3, -0.25) is 0 Å². The predicted octanol–water partition coefficient (Wildman–Crippen LogP) is 3.33. The van der Waals surface area contributed by atoms with Gasteiger partial charge in [-0.1, -0.05) is 0 Å². The van der Waals surface area contributed by atoms with Crippen LogP contribution >= 0.6 is 0 Å². The van der Waals surface area contributed by atoms with Crippen molar-refractivity contribution in [2.45, 2.75) is 13.8 Å². The number of hydrogen-bond donors (Lipinski definition) is 1. The summed E-state index contributed by atoms with van der Waals surface area (Å²) in [4.78, 5) is 4.51. The standard InChI is InChI=1S/C16H16N2O2/c1-10-8-15(20-3)11(2)7-12(10)13-9-18-6-4-5-14(19)16(18)17-13/h4-9,19H,1-3H3. The van der Waals surface area contributed by atoms with Crippen LogP contribution in [0.15, 0.2) is 36.7 Å². The van der Waals surface area contributed by atoms with Gasteiger partial charge in [0.1, 0.15) is 5.75 Å². The molecule has 0 radical (unpaired) electrons. The Hall–Kier alpha value is -2.49. The van der Waals surface area contributed by atoms with Crippen LogP contribution in [0.4, 0.5) is 0 Å². The van der Waals surface area contributed by atoms with Crippen molar-refractivity contribution in [3.8, 4) is 22.8 Å². The van der Waals surface area contributed by atoms with Gasteiger partial charge in [-0.15, -0.1) is 0 Å². The molecular formula is C16H16N2O2. The Morgan fingerprint density at radius 2 is 2.00 bits per heavy atom. The van der Waals surface area contributed by atoms with Crippen LogP contribution in [0.3, 0.4) is 0 Å². The minimum atomic E-state index is 0.182. The van der Waals surface area contributed by atoms with E-state index in [2.05, 4.69) is 11.1 Å². The quantitative estimate of drug-likeness (QED) is 0.775. The van der Waals surface area contributed by atoms with Crippen molar-refractivity contribution in [1.82, 2.24) is 9.38 Å². The van der Waals surface area contributed by atoms with Crippen molar-refractivity contribution in [3.05, 3.63) is 47.8 Å². The fourth-order valence-corrected chi connectivity index (χ4v) is 2.41. The number of aryl methyl sites for hydroxylation is 2. The van der Waals surface area contributed by atoms with E-state index < -0.39 is 0 Å². The highest BCUT2D eigenvalue weighted by Crippen LogP contribution is 2.30. The summed E-state index contributed by atoms with van der Waals surface area (Å²) in [5.41, 5.74) is 4.61. The monoisotopic (exact) mass is 268 g/mol. The molecule has 2 heterocycles. The van der Waals surface area contributed by atoms with Crippen molar-refractivity contribution in [2.75, 3.05) is 7.11 Å². The van der Waals surface area contributed by atoms with E-state index >= 15 is 0 Å². The maximum atomic E-state index is 9.83. The van der Waals surface area contributed by atoms with Crippen molar-refractivity contribution in [3.63, 3.8) is 0 Å². The molecule has 0 unspecified atom stereocenters. The Kier molecular flexibility index (Phi) is 2.86. The molecule has 0 saturated carbocycles. The molecule has 102 valence electrons. The third-order valence-electron chi connectivity index (χ3n) is 3.48. The molecule has 0 spiro atoms. The third-order valence-corrected chi connectivity index (χ3v) is 3.48. The molecule has 3 rings (SSSR count). The number of pyridine rings is 1. The number of aromatic nitrogens is 2. The van der Waals surface area contributed by atoms with Crippen molar-refractivity contribution < 1.29 is 9.84 Å². The first-order valence-electron chi connectivity index (χ1n) is 6.42. The third kappa shape index (κ3) is 1.90. The number of hydrogen-bond acceptors (Lipinski definition) is 3. The van der Waals surface area contributed by atoms with E-state index in [1.165, 1.54) is 0 Å². The molecule has 0 fully saturated rings. The lowest BCUT2D eigenvalue weighted by atomic mass is 10.0. The Morgan fingerprint density at radius 1 is 1.20 bits per heavy atom. The predicted molar refractivity (Wildman–Crippen MR) is 78.3 cm³/mol. The molecule has 3 aromatic rings. The van der Waals surface area contributed by atoms with Gasteiger partial charge in [0, 0.05) is 18.0 Å². The highest BCUT2D eigenvalue weighted by molar-refractivity contribution is 5.70. The zero-order valence-corrected chi connectivity index (χ0v) is 11.7. The van der Waals surface area contributed by atoms with Gasteiger partial charge in [-0.05, 0) is 49.2 Å². The molecule has 4 nitrogen and oxygen atoms in total. The molecule has 20 heavy (non-hydrogen) atoms. The van der Waals surface area contributed by atoms with E-state index in [-0.39, 0.29) is 5.75 Å². The summed E-state index contributed by atoms with van der Waals surface area (Å²) < 4.78 is 7.15. The topological polar surface area (TPSA) is 46.8 Å². The molecule has 0 bridgehead atoms. The molecule has 0 atom stereocenters. The first-order chi connectivity index (χ1) is 9.60. The maximum Gasteiger partial charge on any atom is 0.180 e. The molecular weight excluding hydrogens is 252 g/mol. The highest BCUT2D eigenvalue weighted by Gasteiger charge is 2.11. The molecule has 0 saturated heterocycles. The zero-order chi connectivity index (χ0) is 14.3. The summed E-state index contributed by atoms with van der Waals surface area (Å²) in [7, 11) is 1.67. The van der Waals surface area contributed by atoms with E-state index in [1.54, 1.807) is 19.2 Å². The minimum absolute atomic E-state index is 0.182. The summed E-state index contributed by atoms with van der Waals surface area (Å²) in [5, 5.41) is 9.83. The van der Waals surface area contributed by atoms with E-state index in [0.717, 1.165) is 28.1 Å². The van der Waals surface area contributed by atoms with E-state index in [0.29, 0.717) is 5.65 Å². The van der Waals surface area contributed by atoms with Crippen LogP contribution in [0.25, 0.3) is 16.9 Å². The number of fused-ring (bicyclic) bond motifs is 1. The zero-order valence-electron chi connectivity index (χ0n) is 11.7.